The summed E-state index contributed by atoms with van der Waals surface area (Å²) in [5.74, 6) is 1.69. The van der Waals surface area contributed by atoms with Crippen molar-refractivity contribution in [1.82, 2.24) is 0 Å². The highest BCUT2D eigenvalue weighted by Crippen LogP contribution is 2.27. The SMILES string of the molecule is CC(C)(C)S(=O)CC1CCCC1. The van der Waals surface area contributed by atoms with Gasteiger partial charge in [0.2, 0.25) is 0 Å². The minimum absolute atomic E-state index is 0.0113. The molecule has 0 heterocycles. The fraction of sp³-hybridized carbons (Fsp3) is 1.00. The van der Waals surface area contributed by atoms with Gasteiger partial charge in [0.25, 0.3) is 0 Å². The van der Waals surface area contributed by atoms with Crippen molar-refractivity contribution in [1.29, 1.82) is 0 Å². The molecule has 0 aromatic carbocycles. The first-order valence-electron chi connectivity index (χ1n) is 4.88. The van der Waals surface area contributed by atoms with Gasteiger partial charge in [-0.25, -0.2) is 0 Å². The van der Waals surface area contributed by atoms with E-state index in [4.69, 9.17) is 0 Å². The van der Waals surface area contributed by atoms with E-state index in [0.29, 0.717) is 0 Å². The van der Waals surface area contributed by atoms with Gasteiger partial charge in [-0.1, -0.05) is 12.8 Å². The molecule has 72 valence electrons. The van der Waals surface area contributed by atoms with Crippen LogP contribution in [0.4, 0.5) is 0 Å². The van der Waals surface area contributed by atoms with Crippen LogP contribution >= 0.6 is 0 Å². The molecule has 1 aliphatic carbocycles. The molecule has 0 aromatic rings. The van der Waals surface area contributed by atoms with Gasteiger partial charge in [0.15, 0.2) is 0 Å². The van der Waals surface area contributed by atoms with E-state index < -0.39 is 10.8 Å². The minimum atomic E-state index is -0.627. The molecule has 1 saturated carbocycles. The Labute approximate surface area is 78.4 Å². The van der Waals surface area contributed by atoms with E-state index in [-0.39, 0.29) is 4.75 Å². The Balaban J connectivity index is 2.35. The van der Waals surface area contributed by atoms with Gasteiger partial charge in [0.1, 0.15) is 0 Å². The number of hydrogen-bond acceptors (Lipinski definition) is 1. The van der Waals surface area contributed by atoms with E-state index in [2.05, 4.69) is 20.8 Å². The van der Waals surface area contributed by atoms with Gasteiger partial charge in [-0.05, 0) is 39.5 Å². The van der Waals surface area contributed by atoms with E-state index in [9.17, 15) is 4.21 Å². The highest BCUT2D eigenvalue weighted by Gasteiger charge is 2.24. The molecule has 0 radical (unpaired) electrons. The summed E-state index contributed by atoms with van der Waals surface area (Å²) in [6, 6.07) is 0. The molecule has 1 fully saturated rings. The summed E-state index contributed by atoms with van der Waals surface area (Å²) >= 11 is 0. The van der Waals surface area contributed by atoms with Gasteiger partial charge < -0.3 is 0 Å². The Morgan fingerprint density at radius 2 is 1.75 bits per heavy atom. The summed E-state index contributed by atoms with van der Waals surface area (Å²) < 4.78 is 11.7. The van der Waals surface area contributed by atoms with Gasteiger partial charge in [-0.3, -0.25) is 4.21 Å². The van der Waals surface area contributed by atoms with Crippen molar-refractivity contribution in [2.75, 3.05) is 5.75 Å². The zero-order valence-electron chi connectivity index (χ0n) is 8.43. The second kappa shape index (κ2) is 3.91. The lowest BCUT2D eigenvalue weighted by atomic mass is 10.1. The Hall–Kier alpha value is 0.150. The summed E-state index contributed by atoms with van der Waals surface area (Å²) in [6.45, 7) is 6.20. The Bertz CT molecular complexity index is 163. The third-order valence-corrected chi connectivity index (χ3v) is 4.69. The summed E-state index contributed by atoms with van der Waals surface area (Å²) in [6.07, 6.45) is 5.32. The lowest BCUT2D eigenvalue weighted by Gasteiger charge is -2.20. The molecule has 0 aromatic heterocycles. The fourth-order valence-electron chi connectivity index (χ4n) is 1.64. The molecular weight excluding hydrogens is 168 g/mol. The van der Waals surface area contributed by atoms with Crippen LogP contribution in [0, 0.1) is 5.92 Å². The fourth-order valence-corrected chi connectivity index (χ4v) is 2.90. The van der Waals surface area contributed by atoms with Crippen LogP contribution in [0.25, 0.3) is 0 Å². The summed E-state index contributed by atoms with van der Waals surface area (Å²) in [7, 11) is -0.627. The van der Waals surface area contributed by atoms with Crippen molar-refractivity contribution in [3.05, 3.63) is 0 Å². The molecular formula is C10H20OS. The van der Waals surface area contributed by atoms with Crippen molar-refractivity contribution in [3.8, 4) is 0 Å². The molecule has 0 aliphatic heterocycles. The Morgan fingerprint density at radius 1 is 1.25 bits per heavy atom. The molecule has 2 heteroatoms. The standard InChI is InChI=1S/C10H20OS/c1-10(2,3)12(11)8-9-6-4-5-7-9/h9H,4-8H2,1-3H3. The van der Waals surface area contributed by atoms with Crippen molar-refractivity contribution in [2.24, 2.45) is 5.92 Å². The Kier molecular flexibility index (Phi) is 3.33. The average Bonchev–Trinajstić information content (AvgIpc) is 2.37. The van der Waals surface area contributed by atoms with Crippen molar-refractivity contribution < 1.29 is 4.21 Å². The van der Waals surface area contributed by atoms with Crippen LogP contribution in [0.15, 0.2) is 0 Å². The summed E-state index contributed by atoms with van der Waals surface area (Å²) in [5, 5.41) is 0. The third-order valence-electron chi connectivity index (χ3n) is 2.54. The van der Waals surface area contributed by atoms with Gasteiger partial charge in [0.05, 0.1) is 0 Å². The first-order chi connectivity index (χ1) is 5.50. The quantitative estimate of drug-likeness (QED) is 0.651. The minimum Gasteiger partial charge on any atom is -0.259 e. The monoisotopic (exact) mass is 188 g/mol. The lowest BCUT2D eigenvalue weighted by Crippen LogP contribution is -2.26. The van der Waals surface area contributed by atoms with E-state index in [1.807, 2.05) is 0 Å². The van der Waals surface area contributed by atoms with Crippen molar-refractivity contribution in [3.63, 3.8) is 0 Å². The largest absolute Gasteiger partial charge is 0.259 e. The molecule has 0 saturated heterocycles. The lowest BCUT2D eigenvalue weighted by molar-refractivity contribution is 0.589. The van der Waals surface area contributed by atoms with E-state index in [0.717, 1.165) is 11.7 Å². The van der Waals surface area contributed by atoms with Crippen molar-refractivity contribution in [2.45, 2.75) is 51.2 Å². The highest BCUT2D eigenvalue weighted by molar-refractivity contribution is 7.86. The number of hydrogen-bond donors (Lipinski definition) is 0. The molecule has 1 atom stereocenters. The highest BCUT2D eigenvalue weighted by atomic mass is 32.2. The maximum atomic E-state index is 11.7. The molecule has 1 unspecified atom stereocenters. The van der Waals surface area contributed by atoms with Crippen LogP contribution < -0.4 is 0 Å². The van der Waals surface area contributed by atoms with Crippen LogP contribution in [0.5, 0.6) is 0 Å². The maximum Gasteiger partial charge on any atom is 0.0375 e. The molecule has 1 aliphatic rings. The van der Waals surface area contributed by atoms with Crippen molar-refractivity contribution >= 4 is 10.8 Å². The number of rotatable bonds is 2. The van der Waals surface area contributed by atoms with Gasteiger partial charge >= 0.3 is 0 Å². The van der Waals surface area contributed by atoms with Gasteiger partial charge in [-0.2, -0.15) is 0 Å². The van der Waals surface area contributed by atoms with Crippen LogP contribution in [0.2, 0.25) is 0 Å². The van der Waals surface area contributed by atoms with Crippen LogP contribution in [-0.2, 0) is 10.8 Å². The van der Waals surface area contributed by atoms with Gasteiger partial charge in [-0.15, -0.1) is 0 Å². The first kappa shape index (κ1) is 10.2. The van der Waals surface area contributed by atoms with Crippen LogP contribution in [0.1, 0.15) is 46.5 Å². The molecule has 1 rings (SSSR count). The third kappa shape index (κ3) is 2.89. The van der Waals surface area contributed by atoms with Gasteiger partial charge in [0, 0.05) is 21.3 Å². The average molecular weight is 188 g/mol. The second-order valence-electron chi connectivity index (χ2n) is 4.78. The van der Waals surface area contributed by atoms with E-state index >= 15 is 0 Å². The zero-order valence-corrected chi connectivity index (χ0v) is 9.25. The predicted octanol–water partition coefficient (Wildman–Crippen LogP) is 2.72. The molecule has 0 bridgehead atoms. The zero-order chi connectivity index (χ0) is 9.19. The Morgan fingerprint density at radius 3 is 2.17 bits per heavy atom. The first-order valence-corrected chi connectivity index (χ1v) is 6.20. The maximum absolute atomic E-state index is 11.7. The summed E-state index contributed by atoms with van der Waals surface area (Å²) in [4.78, 5) is 0. The molecule has 1 nitrogen and oxygen atoms in total. The topological polar surface area (TPSA) is 17.1 Å². The van der Waals surface area contributed by atoms with E-state index in [1.54, 1.807) is 0 Å². The molecule has 12 heavy (non-hydrogen) atoms. The molecule has 0 spiro atoms. The predicted molar refractivity (Wildman–Crippen MR) is 54.7 cm³/mol. The normalized spacial score (nSPS) is 22.9. The van der Waals surface area contributed by atoms with E-state index in [1.165, 1.54) is 25.7 Å². The molecule has 0 amide bonds. The summed E-state index contributed by atoms with van der Waals surface area (Å²) in [5.41, 5.74) is 0. The molecule has 0 N–H and O–H groups in total. The smallest absolute Gasteiger partial charge is 0.0375 e. The second-order valence-corrected chi connectivity index (χ2v) is 7.02. The van der Waals surface area contributed by atoms with Crippen LogP contribution in [-0.4, -0.2) is 14.7 Å². The van der Waals surface area contributed by atoms with Crippen LogP contribution in [0.3, 0.4) is 0 Å².